The van der Waals surface area contributed by atoms with Gasteiger partial charge in [0.05, 0.1) is 10.8 Å². The van der Waals surface area contributed by atoms with E-state index in [0.717, 1.165) is 5.56 Å². The first-order chi connectivity index (χ1) is 11.6. The zero-order valence-electron chi connectivity index (χ0n) is 15.3. The highest BCUT2D eigenvalue weighted by Gasteiger charge is 2.56. The molecule has 1 aromatic carbocycles. The molecular weight excluding hydrogens is 338 g/mol. The maximum Gasteiger partial charge on any atom is 0.247 e. The molecule has 1 aliphatic carbocycles. The number of sulfone groups is 1. The van der Waals surface area contributed by atoms with Crippen molar-refractivity contribution >= 4 is 9.84 Å². The molecule has 2 aromatic rings. The van der Waals surface area contributed by atoms with Gasteiger partial charge in [0.25, 0.3) is 0 Å². The van der Waals surface area contributed by atoms with Crippen molar-refractivity contribution in [1.82, 2.24) is 15.5 Å². The standard InChI is InChI=1S/C18H25N3O3S/c1-11-6-7-15(10-12(11)2)17-21-20-16(24-17)13(3)19-14(4)18(8-9-18)25(5,22)23/h6-7,10,13-14,19H,8-9H2,1-5H3. The van der Waals surface area contributed by atoms with Crippen molar-refractivity contribution in [1.29, 1.82) is 0 Å². The van der Waals surface area contributed by atoms with Gasteiger partial charge in [-0.15, -0.1) is 10.2 Å². The van der Waals surface area contributed by atoms with Crippen LogP contribution in [0.3, 0.4) is 0 Å². The largest absolute Gasteiger partial charge is 0.419 e. The van der Waals surface area contributed by atoms with Crippen molar-refractivity contribution in [2.75, 3.05) is 6.26 Å². The van der Waals surface area contributed by atoms with Crippen LogP contribution in [0.15, 0.2) is 22.6 Å². The highest BCUT2D eigenvalue weighted by molar-refractivity contribution is 7.92. The molecule has 1 heterocycles. The summed E-state index contributed by atoms with van der Waals surface area (Å²) in [5.74, 6) is 0.938. The number of nitrogens with one attached hydrogen (secondary N) is 1. The monoisotopic (exact) mass is 363 g/mol. The quantitative estimate of drug-likeness (QED) is 0.849. The van der Waals surface area contributed by atoms with Crippen LogP contribution in [-0.4, -0.2) is 35.7 Å². The van der Waals surface area contributed by atoms with Crippen LogP contribution in [0.5, 0.6) is 0 Å². The molecule has 6 nitrogen and oxygen atoms in total. The summed E-state index contributed by atoms with van der Waals surface area (Å²) in [5.41, 5.74) is 3.26. The van der Waals surface area contributed by atoms with Crippen molar-refractivity contribution in [2.24, 2.45) is 0 Å². The molecule has 0 bridgehead atoms. The van der Waals surface area contributed by atoms with Crippen LogP contribution in [0.25, 0.3) is 11.5 Å². The minimum Gasteiger partial charge on any atom is -0.419 e. The van der Waals surface area contributed by atoms with Gasteiger partial charge in [-0.25, -0.2) is 8.42 Å². The third-order valence-corrected chi connectivity index (χ3v) is 7.57. The van der Waals surface area contributed by atoms with E-state index >= 15 is 0 Å². The van der Waals surface area contributed by atoms with Crippen molar-refractivity contribution in [3.8, 4) is 11.5 Å². The third-order valence-electron chi connectivity index (χ3n) is 5.34. The Hall–Kier alpha value is -1.73. The average molecular weight is 363 g/mol. The molecule has 0 spiro atoms. The van der Waals surface area contributed by atoms with E-state index in [0.29, 0.717) is 24.6 Å². The van der Waals surface area contributed by atoms with Gasteiger partial charge in [0, 0.05) is 17.9 Å². The lowest BCUT2D eigenvalue weighted by molar-refractivity contribution is 0.377. The van der Waals surface area contributed by atoms with Gasteiger partial charge in [0.1, 0.15) is 0 Å². The SMILES string of the molecule is Cc1ccc(-c2nnc(C(C)NC(C)C3(S(C)(=O)=O)CC3)o2)cc1C. The van der Waals surface area contributed by atoms with Crippen LogP contribution < -0.4 is 5.32 Å². The maximum absolute atomic E-state index is 12.0. The van der Waals surface area contributed by atoms with Crippen LogP contribution in [0.1, 0.15) is 49.7 Å². The molecule has 7 heteroatoms. The lowest BCUT2D eigenvalue weighted by Gasteiger charge is -2.25. The first kappa shape index (κ1) is 18.1. The lowest BCUT2D eigenvalue weighted by Crippen LogP contribution is -2.44. The fraction of sp³-hybridized carbons (Fsp3) is 0.556. The molecule has 0 aliphatic heterocycles. The van der Waals surface area contributed by atoms with E-state index in [4.69, 9.17) is 4.42 Å². The summed E-state index contributed by atoms with van der Waals surface area (Å²) in [4.78, 5) is 0. The molecular formula is C18H25N3O3S. The minimum atomic E-state index is -3.09. The molecule has 1 fully saturated rings. The Bertz CT molecular complexity index is 885. The van der Waals surface area contributed by atoms with Crippen LogP contribution in [-0.2, 0) is 9.84 Å². The molecule has 1 N–H and O–H groups in total. The van der Waals surface area contributed by atoms with Gasteiger partial charge in [0.2, 0.25) is 11.8 Å². The number of aromatic nitrogens is 2. The second-order valence-electron chi connectivity index (χ2n) is 7.19. The fourth-order valence-electron chi connectivity index (χ4n) is 3.25. The number of benzene rings is 1. The number of aryl methyl sites for hydroxylation is 2. The molecule has 1 aromatic heterocycles. The Labute approximate surface area is 149 Å². The molecule has 1 aliphatic rings. The number of hydrogen-bond donors (Lipinski definition) is 1. The summed E-state index contributed by atoms with van der Waals surface area (Å²) < 4.78 is 29.2. The van der Waals surface area contributed by atoms with Gasteiger partial charge >= 0.3 is 0 Å². The van der Waals surface area contributed by atoms with E-state index in [1.54, 1.807) is 0 Å². The Kier molecular flexibility index (Phi) is 4.49. The predicted molar refractivity (Wildman–Crippen MR) is 97.0 cm³/mol. The normalized spacial score (nSPS) is 18.8. The molecule has 0 radical (unpaired) electrons. The summed E-state index contributed by atoms with van der Waals surface area (Å²) in [6.07, 6.45) is 2.71. The topological polar surface area (TPSA) is 85.1 Å². The van der Waals surface area contributed by atoms with Gasteiger partial charge in [-0.1, -0.05) is 6.07 Å². The summed E-state index contributed by atoms with van der Waals surface area (Å²) >= 11 is 0. The molecule has 2 atom stereocenters. The van der Waals surface area contributed by atoms with Gasteiger partial charge in [-0.05, 0) is 63.8 Å². The van der Waals surface area contributed by atoms with E-state index in [-0.39, 0.29) is 12.1 Å². The van der Waals surface area contributed by atoms with E-state index in [1.165, 1.54) is 17.4 Å². The van der Waals surface area contributed by atoms with Crippen molar-refractivity contribution in [3.63, 3.8) is 0 Å². The fourth-order valence-corrected chi connectivity index (χ4v) is 4.80. The zero-order chi connectivity index (χ0) is 18.4. The van der Waals surface area contributed by atoms with Crippen LogP contribution in [0, 0.1) is 13.8 Å². The highest BCUT2D eigenvalue weighted by Crippen LogP contribution is 2.46. The van der Waals surface area contributed by atoms with E-state index in [9.17, 15) is 8.42 Å². The Morgan fingerprint density at radius 3 is 2.40 bits per heavy atom. The molecule has 0 saturated heterocycles. The van der Waals surface area contributed by atoms with Crippen molar-refractivity contribution < 1.29 is 12.8 Å². The second-order valence-corrected chi connectivity index (χ2v) is 9.55. The van der Waals surface area contributed by atoms with Crippen molar-refractivity contribution in [2.45, 2.75) is 57.4 Å². The minimum absolute atomic E-state index is 0.172. The smallest absolute Gasteiger partial charge is 0.247 e. The molecule has 2 unspecified atom stereocenters. The predicted octanol–water partition coefficient (Wildman–Crippen LogP) is 2.97. The van der Waals surface area contributed by atoms with Crippen LogP contribution >= 0.6 is 0 Å². The summed E-state index contributed by atoms with van der Waals surface area (Å²) in [6, 6.07) is 5.62. The first-order valence-electron chi connectivity index (χ1n) is 8.51. The maximum atomic E-state index is 12.0. The number of nitrogens with zero attached hydrogens (tertiary/aromatic N) is 2. The van der Waals surface area contributed by atoms with Crippen molar-refractivity contribution in [3.05, 3.63) is 35.2 Å². The van der Waals surface area contributed by atoms with Gasteiger partial charge in [-0.2, -0.15) is 0 Å². The molecule has 1 saturated carbocycles. The Morgan fingerprint density at radius 1 is 1.16 bits per heavy atom. The zero-order valence-corrected chi connectivity index (χ0v) is 16.1. The third kappa shape index (κ3) is 3.35. The van der Waals surface area contributed by atoms with Crippen LogP contribution in [0.2, 0.25) is 0 Å². The van der Waals surface area contributed by atoms with E-state index in [1.807, 2.05) is 39.0 Å². The van der Waals surface area contributed by atoms with E-state index < -0.39 is 14.6 Å². The highest BCUT2D eigenvalue weighted by atomic mass is 32.2. The average Bonchev–Trinajstić information content (AvgIpc) is 3.22. The van der Waals surface area contributed by atoms with Gasteiger partial charge < -0.3 is 9.73 Å². The Balaban J connectivity index is 1.75. The van der Waals surface area contributed by atoms with Crippen LogP contribution in [0.4, 0.5) is 0 Å². The summed E-state index contributed by atoms with van der Waals surface area (Å²) in [6.45, 7) is 7.92. The molecule has 3 rings (SSSR count). The van der Waals surface area contributed by atoms with E-state index in [2.05, 4.69) is 22.4 Å². The number of rotatable bonds is 6. The molecule has 0 amide bonds. The first-order valence-corrected chi connectivity index (χ1v) is 10.4. The summed E-state index contributed by atoms with van der Waals surface area (Å²) in [7, 11) is -3.09. The second kappa shape index (κ2) is 6.21. The van der Waals surface area contributed by atoms with Gasteiger partial charge in [0.15, 0.2) is 9.84 Å². The lowest BCUT2D eigenvalue weighted by atomic mass is 10.1. The van der Waals surface area contributed by atoms with Gasteiger partial charge in [-0.3, -0.25) is 0 Å². The number of hydrogen-bond acceptors (Lipinski definition) is 6. The summed E-state index contributed by atoms with van der Waals surface area (Å²) in [5, 5.41) is 11.6. The Morgan fingerprint density at radius 2 is 1.84 bits per heavy atom. The molecule has 25 heavy (non-hydrogen) atoms. The molecule has 136 valence electrons.